The second kappa shape index (κ2) is 7.47. The molecule has 6 heteroatoms. The van der Waals surface area contributed by atoms with Gasteiger partial charge in [-0.1, -0.05) is 0 Å². The molecule has 1 atom stereocenters. The molecule has 2 aliphatic heterocycles. The van der Waals surface area contributed by atoms with Crippen molar-refractivity contribution in [1.82, 2.24) is 10.2 Å². The number of nitrogens with one attached hydrogen (secondary N) is 1. The van der Waals surface area contributed by atoms with Crippen LogP contribution >= 0.6 is 0 Å². The summed E-state index contributed by atoms with van der Waals surface area (Å²) in [5.41, 5.74) is 0. The standard InChI is InChI=1S/C14H24N2O4/c1-2-20-13(17)11-4-3-7-16(10-11)14(18)15-12-5-8-19-9-6-12/h11-12H,2-10H2,1H3,(H,15,18). The molecule has 114 valence electrons. The quantitative estimate of drug-likeness (QED) is 0.789. The number of amides is 2. The molecule has 0 spiro atoms. The molecule has 0 aromatic carbocycles. The normalized spacial score (nSPS) is 24.2. The molecular formula is C14H24N2O4. The average Bonchev–Trinajstić information content (AvgIpc) is 2.48. The number of urea groups is 1. The highest BCUT2D eigenvalue weighted by molar-refractivity contribution is 5.77. The fourth-order valence-corrected chi connectivity index (χ4v) is 2.72. The van der Waals surface area contributed by atoms with Crippen LogP contribution in [0.1, 0.15) is 32.6 Å². The van der Waals surface area contributed by atoms with E-state index in [1.54, 1.807) is 11.8 Å². The largest absolute Gasteiger partial charge is 0.466 e. The maximum absolute atomic E-state index is 12.2. The van der Waals surface area contributed by atoms with Crippen molar-refractivity contribution in [3.63, 3.8) is 0 Å². The molecule has 0 aliphatic carbocycles. The maximum Gasteiger partial charge on any atom is 0.317 e. The van der Waals surface area contributed by atoms with Gasteiger partial charge in [0.1, 0.15) is 0 Å². The molecule has 2 heterocycles. The van der Waals surface area contributed by atoms with Crippen LogP contribution in [0, 0.1) is 5.92 Å². The van der Waals surface area contributed by atoms with Crippen LogP contribution in [0.25, 0.3) is 0 Å². The second-order valence-corrected chi connectivity index (χ2v) is 5.37. The van der Waals surface area contributed by atoms with Gasteiger partial charge in [-0.2, -0.15) is 0 Å². The molecule has 20 heavy (non-hydrogen) atoms. The molecule has 1 N–H and O–H groups in total. The number of rotatable bonds is 3. The summed E-state index contributed by atoms with van der Waals surface area (Å²) in [4.78, 5) is 25.7. The minimum absolute atomic E-state index is 0.0640. The van der Waals surface area contributed by atoms with Crippen LogP contribution in [-0.2, 0) is 14.3 Å². The Kier molecular flexibility index (Phi) is 5.64. The predicted molar refractivity (Wildman–Crippen MR) is 73.3 cm³/mol. The SMILES string of the molecule is CCOC(=O)C1CCCN(C(=O)NC2CCOCC2)C1. The minimum atomic E-state index is -0.184. The highest BCUT2D eigenvalue weighted by atomic mass is 16.5. The minimum Gasteiger partial charge on any atom is -0.466 e. The van der Waals surface area contributed by atoms with Crippen molar-refractivity contribution >= 4 is 12.0 Å². The van der Waals surface area contributed by atoms with E-state index >= 15 is 0 Å². The highest BCUT2D eigenvalue weighted by Crippen LogP contribution is 2.18. The van der Waals surface area contributed by atoms with Crippen molar-refractivity contribution < 1.29 is 19.1 Å². The van der Waals surface area contributed by atoms with Gasteiger partial charge >= 0.3 is 12.0 Å². The molecule has 0 aromatic rings. The molecule has 0 bridgehead atoms. The van der Waals surface area contributed by atoms with Crippen LogP contribution < -0.4 is 5.32 Å². The molecule has 0 saturated carbocycles. The van der Waals surface area contributed by atoms with Gasteiger partial charge in [-0.15, -0.1) is 0 Å². The molecule has 2 aliphatic rings. The highest BCUT2D eigenvalue weighted by Gasteiger charge is 2.30. The Morgan fingerprint density at radius 2 is 2.05 bits per heavy atom. The molecule has 2 saturated heterocycles. The summed E-state index contributed by atoms with van der Waals surface area (Å²) in [6, 6.07) is 0.130. The molecule has 2 amide bonds. The first-order valence-electron chi connectivity index (χ1n) is 7.50. The van der Waals surface area contributed by atoms with Crippen molar-refractivity contribution in [2.75, 3.05) is 32.9 Å². The Hall–Kier alpha value is -1.30. The Morgan fingerprint density at radius 3 is 2.75 bits per heavy atom. The van der Waals surface area contributed by atoms with Gasteiger partial charge in [0, 0.05) is 32.3 Å². The third-order valence-electron chi connectivity index (χ3n) is 3.88. The van der Waals surface area contributed by atoms with Gasteiger partial charge in [0.05, 0.1) is 12.5 Å². The first-order valence-corrected chi connectivity index (χ1v) is 7.50. The fraction of sp³-hybridized carbons (Fsp3) is 0.857. The van der Waals surface area contributed by atoms with Crippen LogP contribution in [0.4, 0.5) is 4.79 Å². The number of esters is 1. The predicted octanol–water partition coefficient (Wildman–Crippen LogP) is 1.15. The van der Waals surface area contributed by atoms with E-state index in [0.29, 0.717) is 32.9 Å². The first-order chi connectivity index (χ1) is 9.70. The maximum atomic E-state index is 12.2. The topological polar surface area (TPSA) is 67.9 Å². The van der Waals surface area contributed by atoms with Crippen LogP contribution in [0.5, 0.6) is 0 Å². The van der Waals surface area contributed by atoms with E-state index in [4.69, 9.17) is 9.47 Å². The van der Waals surface area contributed by atoms with Gasteiger partial charge in [0.2, 0.25) is 0 Å². The number of likely N-dealkylation sites (tertiary alicyclic amines) is 1. The summed E-state index contributed by atoms with van der Waals surface area (Å²) >= 11 is 0. The number of ether oxygens (including phenoxy) is 2. The van der Waals surface area contributed by atoms with E-state index in [2.05, 4.69) is 5.32 Å². The van der Waals surface area contributed by atoms with Gasteiger partial charge < -0.3 is 19.7 Å². The lowest BCUT2D eigenvalue weighted by Crippen LogP contribution is -2.50. The molecule has 0 radical (unpaired) electrons. The molecular weight excluding hydrogens is 260 g/mol. The number of hydrogen-bond acceptors (Lipinski definition) is 4. The monoisotopic (exact) mass is 284 g/mol. The molecule has 0 aromatic heterocycles. The molecule has 1 unspecified atom stereocenters. The summed E-state index contributed by atoms with van der Waals surface area (Å²) < 4.78 is 10.3. The van der Waals surface area contributed by atoms with E-state index in [0.717, 1.165) is 25.7 Å². The van der Waals surface area contributed by atoms with Crippen LogP contribution in [0.3, 0.4) is 0 Å². The second-order valence-electron chi connectivity index (χ2n) is 5.37. The zero-order valence-corrected chi connectivity index (χ0v) is 12.1. The third-order valence-corrected chi connectivity index (χ3v) is 3.88. The van der Waals surface area contributed by atoms with Crippen molar-refractivity contribution in [3.05, 3.63) is 0 Å². The Bertz CT molecular complexity index is 342. The average molecular weight is 284 g/mol. The summed E-state index contributed by atoms with van der Waals surface area (Å²) in [6.45, 7) is 4.78. The van der Waals surface area contributed by atoms with Crippen molar-refractivity contribution in [2.45, 2.75) is 38.6 Å². The lowest BCUT2D eigenvalue weighted by Gasteiger charge is -2.33. The van der Waals surface area contributed by atoms with Gasteiger partial charge in [0.25, 0.3) is 0 Å². The van der Waals surface area contributed by atoms with Gasteiger partial charge in [-0.3, -0.25) is 4.79 Å². The third kappa shape index (κ3) is 4.10. The Morgan fingerprint density at radius 1 is 1.30 bits per heavy atom. The van der Waals surface area contributed by atoms with Gasteiger partial charge in [0.15, 0.2) is 0 Å². The molecule has 6 nitrogen and oxygen atoms in total. The van der Waals surface area contributed by atoms with E-state index in [1.807, 2.05) is 0 Å². The lowest BCUT2D eigenvalue weighted by molar-refractivity contribution is -0.149. The zero-order chi connectivity index (χ0) is 14.4. The van der Waals surface area contributed by atoms with Crippen LogP contribution in [-0.4, -0.2) is 55.9 Å². The van der Waals surface area contributed by atoms with Gasteiger partial charge in [-0.05, 0) is 32.6 Å². The van der Waals surface area contributed by atoms with E-state index in [-0.39, 0.29) is 24.0 Å². The summed E-state index contributed by atoms with van der Waals surface area (Å²) in [5.74, 6) is -0.361. The Balaban J connectivity index is 1.81. The summed E-state index contributed by atoms with van der Waals surface area (Å²) in [7, 11) is 0. The number of carbonyl (C=O) groups excluding carboxylic acids is 2. The van der Waals surface area contributed by atoms with Crippen molar-refractivity contribution in [3.8, 4) is 0 Å². The number of nitrogens with zero attached hydrogens (tertiary/aromatic N) is 1. The lowest BCUT2D eigenvalue weighted by atomic mass is 9.98. The van der Waals surface area contributed by atoms with Crippen LogP contribution in [0.15, 0.2) is 0 Å². The summed E-state index contributed by atoms with van der Waals surface area (Å²) in [5, 5.41) is 3.03. The summed E-state index contributed by atoms with van der Waals surface area (Å²) in [6.07, 6.45) is 3.38. The first kappa shape index (κ1) is 15.1. The van der Waals surface area contributed by atoms with Crippen molar-refractivity contribution in [2.24, 2.45) is 5.92 Å². The van der Waals surface area contributed by atoms with Gasteiger partial charge in [-0.25, -0.2) is 4.79 Å². The van der Waals surface area contributed by atoms with Crippen molar-refractivity contribution in [1.29, 1.82) is 0 Å². The fourth-order valence-electron chi connectivity index (χ4n) is 2.72. The van der Waals surface area contributed by atoms with E-state index < -0.39 is 0 Å². The Labute approximate surface area is 119 Å². The van der Waals surface area contributed by atoms with E-state index in [1.165, 1.54) is 0 Å². The number of hydrogen-bond donors (Lipinski definition) is 1. The number of carbonyl (C=O) groups is 2. The molecule has 2 rings (SSSR count). The van der Waals surface area contributed by atoms with E-state index in [9.17, 15) is 9.59 Å². The number of piperidine rings is 1. The smallest absolute Gasteiger partial charge is 0.317 e. The molecule has 2 fully saturated rings. The van der Waals surface area contributed by atoms with Crippen LogP contribution in [0.2, 0.25) is 0 Å². The zero-order valence-electron chi connectivity index (χ0n) is 12.1.